The Kier molecular flexibility index (Phi) is 11.2. The van der Waals surface area contributed by atoms with Crippen molar-refractivity contribution >= 4 is 80.1 Å². The number of hydrogen-bond donors (Lipinski definition) is 3. The van der Waals surface area contributed by atoms with Gasteiger partial charge in [-0.25, -0.2) is 9.37 Å². The normalized spacial score (nSPS) is 11.9. The summed E-state index contributed by atoms with van der Waals surface area (Å²) in [5.74, 6) is -2.13. The number of benzene rings is 6. The first-order valence-electron chi connectivity index (χ1n) is 16.7. The van der Waals surface area contributed by atoms with Gasteiger partial charge in [-0.05, 0) is 77.0 Å². The molecule has 0 fully saturated rings. The smallest absolute Gasteiger partial charge is 0.272 e. The molecule has 7 nitrogen and oxygen atoms in total. The van der Waals surface area contributed by atoms with Gasteiger partial charge in [0, 0.05) is 32.7 Å². The number of aromatic nitrogens is 1. The second kappa shape index (κ2) is 16.7. The first-order valence-corrected chi connectivity index (χ1v) is 18.8. The monoisotopic (exact) mass is 768 g/mol. The number of hydrogen-bond acceptors (Lipinski definition) is 6. The molecule has 7 aromatic rings. The minimum Gasteiger partial charge on any atom is -0.321 e. The van der Waals surface area contributed by atoms with Crippen LogP contribution in [0.4, 0.5) is 15.2 Å². The molecule has 3 N–H and O–H groups in total. The topological polar surface area (TPSA) is 100 Å². The van der Waals surface area contributed by atoms with E-state index in [-0.39, 0.29) is 22.2 Å². The molecule has 3 amide bonds. The van der Waals surface area contributed by atoms with Crippen molar-refractivity contribution in [1.29, 1.82) is 0 Å². The number of nitrogens with one attached hydrogen (secondary N) is 3. The molecule has 0 aliphatic carbocycles. The largest absolute Gasteiger partial charge is 0.321 e. The number of thioether (sulfide) groups is 1. The summed E-state index contributed by atoms with van der Waals surface area (Å²) in [6, 6.07) is 43.2. The standard InChI is InChI=1S/C43H30ClFN4O3S2/c44-35-16-9-17-36(45)34(35)25-37(47-40(50)29-13-5-2-6-14-29)41(51)46-32-20-22-33(23-21-32)54-39(28-11-3-1-4-12-28)42(52)49-43-48-38(26-53-43)31-19-18-27-10-7-8-15-30(27)24-31/h1-26,39H,(H,46,51)(H,47,50)(H,48,49,52)/b37-25-. The van der Waals surface area contributed by atoms with Gasteiger partial charge in [-0.15, -0.1) is 23.1 Å². The number of carbonyl (C=O) groups is 3. The maximum atomic E-state index is 14.7. The fourth-order valence-corrected chi connectivity index (χ4v) is 7.54. The van der Waals surface area contributed by atoms with Crippen molar-refractivity contribution in [3.05, 3.63) is 184 Å². The van der Waals surface area contributed by atoms with Crippen molar-refractivity contribution in [2.24, 2.45) is 0 Å². The summed E-state index contributed by atoms with van der Waals surface area (Å²) in [7, 11) is 0. The SMILES string of the molecule is O=C(Nc1ccc(SC(C(=O)Nc2nc(-c3ccc4ccccc4c3)cs2)c2ccccc2)cc1)/C(=C/c1c(F)cccc1Cl)NC(=O)c1ccccc1. The molecule has 0 saturated heterocycles. The lowest BCUT2D eigenvalue weighted by Gasteiger charge is -2.17. The Hall–Kier alpha value is -6.07. The van der Waals surface area contributed by atoms with E-state index < -0.39 is 22.9 Å². The number of thiazole rings is 1. The molecule has 54 heavy (non-hydrogen) atoms. The number of carbonyl (C=O) groups excluding carboxylic acids is 3. The van der Waals surface area contributed by atoms with Gasteiger partial charge in [0.2, 0.25) is 5.91 Å². The van der Waals surface area contributed by atoms with Gasteiger partial charge in [0.05, 0.1) is 10.7 Å². The Morgan fingerprint density at radius 3 is 2.20 bits per heavy atom. The van der Waals surface area contributed by atoms with Gasteiger partial charge in [0.15, 0.2) is 5.13 Å². The summed E-state index contributed by atoms with van der Waals surface area (Å²) >= 11 is 8.95. The van der Waals surface area contributed by atoms with Crippen molar-refractivity contribution in [2.75, 3.05) is 10.6 Å². The summed E-state index contributed by atoms with van der Waals surface area (Å²) in [6.07, 6.45) is 1.20. The Balaban J connectivity index is 1.07. The molecule has 1 atom stereocenters. The van der Waals surface area contributed by atoms with Crippen molar-refractivity contribution in [3.8, 4) is 11.3 Å². The highest BCUT2D eigenvalue weighted by atomic mass is 35.5. The molecular weight excluding hydrogens is 739 g/mol. The highest BCUT2D eigenvalue weighted by Crippen LogP contribution is 2.37. The van der Waals surface area contributed by atoms with Crippen LogP contribution < -0.4 is 16.0 Å². The predicted molar refractivity (Wildman–Crippen MR) is 217 cm³/mol. The van der Waals surface area contributed by atoms with Crippen LogP contribution in [0, 0.1) is 5.82 Å². The second-order valence-electron chi connectivity index (χ2n) is 12.0. The van der Waals surface area contributed by atoms with Gasteiger partial charge in [-0.2, -0.15) is 0 Å². The molecule has 0 spiro atoms. The van der Waals surface area contributed by atoms with E-state index >= 15 is 0 Å². The van der Waals surface area contributed by atoms with Gasteiger partial charge in [0.25, 0.3) is 11.8 Å². The van der Waals surface area contributed by atoms with Crippen LogP contribution in [0.15, 0.2) is 162 Å². The number of halogens is 2. The zero-order chi connectivity index (χ0) is 37.4. The molecule has 0 saturated carbocycles. The maximum Gasteiger partial charge on any atom is 0.272 e. The molecular formula is C43H30ClFN4O3S2. The number of fused-ring (bicyclic) bond motifs is 1. The lowest BCUT2D eigenvalue weighted by atomic mass is 10.1. The van der Waals surface area contributed by atoms with Crippen molar-refractivity contribution in [3.63, 3.8) is 0 Å². The Morgan fingerprint density at radius 2 is 1.46 bits per heavy atom. The molecule has 7 rings (SSSR count). The molecule has 0 aliphatic rings. The molecule has 1 aromatic heterocycles. The van der Waals surface area contributed by atoms with Crippen LogP contribution in [0.5, 0.6) is 0 Å². The van der Waals surface area contributed by atoms with E-state index in [0.717, 1.165) is 32.5 Å². The summed E-state index contributed by atoms with van der Waals surface area (Å²) < 4.78 is 14.7. The molecule has 0 bridgehead atoms. The highest BCUT2D eigenvalue weighted by Gasteiger charge is 2.24. The summed E-state index contributed by atoms with van der Waals surface area (Å²) in [5, 5.41) is 12.5. The molecule has 266 valence electrons. The molecule has 11 heteroatoms. The van der Waals surface area contributed by atoms with E-state index in [1.807, 2.05) is 53.9 Å². The van der Waals surface area contributed by atoms with Crippen LogP contribution in [0.3, 0.4) is 0 Å². The van der Waals surface area contributed by atoms with Gasteiger partial charge >= 0.3 is 0 Å². The predicted octanol–water partition coefficient (Wildman–Crippen LogP) is 10.6. The first kappa shape index (κ1) is 36.3. The third-order valence-corrected chi connectivity index (χ3v) is 10.7. The Labute approximate surface area is 323 Å². The van der Waals surface area contributed by atoms with E-state index in [1.165, 1.54) is 47.4 Å². The molecule has 0 radical (unpaired) electrons. The first-order chi connectivity index (χ1) is 26.3. The van der Waals surface area contributed by atoms with E-state index in [2.05, 4.69) is 40.2 Å². The molecule has 1 heterocycles. The van der Waals surface area contributed by atoms with Crippen LogP contribution in [0.2, 0.25) is 5.02 Å². The molecule has 6 aromatic carbocycles. The fourth-order valence-electron chi connectivity index (χ4n) is 5.57. The quantitative estimate of drug-likeness (QED) is 0.0899. The average Bonchev–Trinajstić information content (AvgIpc) is 3.67. The van der Waals surface area contributed by atoms with Crippen molar-refractivity contribution in [1.82, 2.24) is 10.3 Å². The van der Waals surface area contributed by atoms with Gasteiger partial charge in [-0.1, -0.05) is 103 Å². The van der Waals surface area contributed by atoms with Crippen LogP contribution in [-0.2, 0) is 9.59 Å². The number of nitrogens with zero attached hydrogens (tertiary/aromatic N) is 1. The summed E-state index contributed by atoms with van der Waals surface area (Å²) in [4.78, 5) is 45.9. The van der Waals surface area contributed by atoms with Gasteiger partial charge in [-0.3, -0.25) is 14.4 Å². The van der Waals surface area contributed by atoms with Crippen LogP contribution in [0.25, 0.3) is 28.1 Å². The Bertz CT molecular complexity index is 2470. The summed E-state index contributed by atoms with van der Waals surface area (Å²) in [6.45, 7) is 0. The lowest BCUT2D eigenvalue weighted by molar-refractivity contribution is -0.116. The lowest BCUT2D eigenvalue weighted by Crippen LogP contribution is -2.30. The van der Waals surface area contributed by atoms with E-state index in [9.17, 15) is 18.8 Å². The van der Waals surface area contributed by atoms with Crippen molar-refractivity contribution in [2.45, 2.75) is 10.1 Å². The fraction of sp³-hybridized carbons (Fsp3) is 0.0233. The van der Waals surface area contributed by atoms with Crippen LogP contribution in [0.1, 0.15) is 26.7 Å². The maximum absolute atomic E-state index is 14.7. The van der Waals surface area contributed by atoms with Crippen molar-refractivity contribution < 1.29 is 18.8 Å². The number of amides is 3. The molecule has 0 aliphatic heterocycles. The Morgan fingerprint density at radius 1 is 0.759 bits per heavy atom. The zero-order valence-electron chi connectivity index (χ0n) is 28.3. The van der Waals surface area contributed by atoms with E-state index in [1.54, 1.807) is 54.6 Å². The van der Waals surface area contributed by atoms with E-state index in [0.29, 0.717) is 16.4 Å². The minimum absolute atomic E-state index is 0.0442. The number of rotatable bonds is 11. The van der Waals surface area contributed by atoms with E-state index in [4.69, 9.17) is 16.6 Å². The van der Waals surface area contributed by atoms with Gasteiger partial charge < -0.3 is 16.0 Å². The third-order valence-electron chi connectivity index (χ3n) is 8.30. The highest BCUT2D eigenvalue weighted by molar-refractivity contribution is 8.00. The van der Waals surface area contributed by atoms with Crippen LogP contribution >= 0.6 is 34.7 Å². The summed E-state index contributed by atoms with van der Waals surface area (Å²) in [5.41, 5.74) is 3.02. The third kappa shape index (κ3) is 8.75. The molecule has 1 unspecified atom stereocenters. The zero-order valence-corrected chi connectivity index (χ0v) is 30.7. The van der Waals surface area contributed by atoms with Gasteiger partial charge in [0.1, 0.15) is 16.8 Å². The average molecular weight is 769 g/mol. The number of anilines is 2. The van der Waals surface area contributed by atoms with Crippen LogP contribution in [-0.4, -0.2) is 22.7 Å². The second-order valence-corrected chi connectivity index (χ2v) is 14.4. The minimum atomic E-state index is -0.688.